The molecule has 1 amide bonds. The van der Waals surface area contributed by atoms with Crippen LogP contribution >= 0.6 is 11.6 Å². The number of alkyl halides is 1. The Morgan fingerprint density at radius 1 is 1.21 bits per heavy atom. The normalized spacial score (nSPS) is 16.9. The van der Waals surface area contributed by atoms with Crippen LogP contribution in [0.3, 0.4) is 0 Å². The smallest absolute Gasteiger partial charge is 0.411 e. The number of carboxylic acid groups (broad SMARTS) is 1. The number of hydrogen-bond acceptors (Lipinski definition) is 5. The van der Waals surface area contributed by atoms with Crippen LogP contribution in [0.1, 0.15) is 29.2 Å². The fourth-order valence-electron chi connectivity index (χ4n) is 3.68. The molecule has 0 radical (unpaired) electrons. The maximum absolute atomic E-state index is 14.9. The van der Waals surface area contributed by atoms with E-state index in [9.17, 15) is 23.9 Å². The van der Waals surface area contributed by atoms with Gasteiger partial charge in [-0.3, -0.25) is 4.79 Å². The third kappa shape index (κ3) is 3.62. The Balaban J connectivity index is 1.70. The molecular formula is C19H19ClFN3O5. The summed E-state index contributed by atoms with van der Waals surface area (Å²) in [5, 5.41) is 9.38. The summed E-state index contributed by atoms with van der Waals surface area (Å²) in [7, 11) is 0. The second-order valence-electron chi connectivity index (χ2n) is 7.13. The largest absolute Gasteiger partial charge is 0.477 e. The average molecular weight is 424 g/mol. The van der Waals surface area contributed by atoms with Crippen LogP contribution in [0.25, 0.3) is 10.9 Å². The molecule has 2 heterocycles. The van der Waals surface area contributed by atoms with Crippen LogP contribution in [-0.2, 0) is 4.74 Å². The molecule has 1 saturated heterocycles. The summed E-state index contributed by atoms with van der Waals surface area (Å²) in [5.41, 5.74) is -0.214. The van der Waals surface area contributed by atoms with Gasteiger partial charge < -0.3 is 24.2 Å². The molecule has 2 aromatic rings. The molecule has 0 atom stereocenters. The van der Waals surface area contributed by atoms with Gasteiger partial charge in [0.2, 0.25) is 5.43 Å². The molecule has 154 valence electrons. The van der Waals surface area contributed by atoms with Crippen LogP contribution in [0.15, 0.2) is 23.1 Å². The van der Waals surface area contributed by atoms with Crippen molar-refractivity contribution in [3.05, 3.63) is 39.9 Å². The number of amides is 1. The molecule has 29 heavy (non-hydrogen) atoms. The first-order valence-corrected chi connectivity index (χ1v) is 9.78. The number of piperazine rings is 1. The number of ether oxygens (including phenoxy) is 1. The fraction of sp³-hybridized carbons (Fsp3) is 0.421. The minimum absolute atomic E-state index is 0.0578. The van der Waals surface area contributed by atoms with Crippen molar-refractivity contribution in [2.75, 3.05) is 37.1 Å². The quantitative estimate of drug-likeness (QED) is 0.760. The van der Waals surface area contributed by atoms with E-state index in [0.29, 0.717) is 37.4 Å². The van der Waals surface area contributed by atoms with E-state index in [1.165, 1.54) is 11.1 Å². The number of halogens is 2. The highest BCUT2D eigenvalue weighted by Gasteiger charge is 2.29. The first kappa shape index (κ1) is 19.5. The van der Waals surface area contributed by atoms with Gasteiger partial charge in [-0.25, -0.2) is 14.0 Å². The van der Waals surface area contributed by atoms with Gasteiger partial charge in [-0.2, -0.15) is 0 Å². The zero-order valence-electron chi connectivity index (χ0n) is 15.4. The van der Waals surface area contributed by atoms with E-state index in [2.05, 4.69) is 0 Å². The molecule has 10 heteroatoms. The molecule has 1 saturated carbocycles. The lowest BCUT2D eigenvalue weighted by molar-refractivity contribution is 0.0694. The van der Waals surface area contributed by atoms with E-state index < -0.39 is 23.3 Å². The molecule has 1 N–H and O–H groups in total. The number of pyridine rings is 1. The number of aromatic nitrogens is 1. The number of carbonyl (C=O) groups excluding carboxylic acids is 1. The molecule has 0 bridgehead atoms. The Morgan fingerprint density at radius 3 is 2.48 bits per heavy atom. The summed E-state index contributed by atoms with van der Waals surface area (Å²) in [4.78, 5) is 39.0. The molecule has 0 unspecified atom stereocenters. The van der Waals surface area contributed by atoms with Gasteiger partial charge in [-0.05, 0) is 25.0 Å². The highest BCUT2D eigenvalue weighted by Crippen LogP contribution is 2.38. The van der Waals surface area contributed by atoms with Crippen molar-refractivity contribution in [3.63, 3.8) is 0 Å². The maximum Gasteiger partial charge on any atom is 0.411 e. The zero-order chi connectivity index (χ0) is 20.7. The van der Waals surface area contributed by atoms with Crippen molar-refractivity contribution in [2.45, 2.75) is 18.9 Å². The van der Waals surface area contributed by atoms with Crippen molar-refractivity contribution < 1.29 is 23.8 Å². The first-order valence-electron chi connectivity index (χ1n) is 9.25. The molecule has 1 aliphatic heterocycles. The minimum atomic E-state index is -1.32. The second-order valence-corrected chi connectivity index (χ2v) is 7.35. The summed E-state index contributed by atoms with van der Waals surface area (Å²) in [6.07, 6.45) is 2.60. The van der Waals surface area contributed by atoms with Gasteiger partial charge in [0.15, 0.2) is 6.07 Å². The number of rotatable bonds is 4. The topological polar surface area (TPSA) is 92.1 Å². The molecule has 8 nitrogen and oxygen atoms in total. The number of carbonyl (C=O) groups is 2. The SMILES string of the molecule is O=C(O)c1cn(C2CC2)c2cc(N3CCN(C(=O)OCCl)CC3)c(F)cc2c1=O. The number of anilines is 1. The summed E-state index contributed by atoms with van der Waals surface area (Å²) in [6.45, 7) is 1.47. The van der Waals surface area contributed by atoms with E-state index in [4.69, 9.17) is 16.3 Å². The Kier molecular flexibility index (Phi) is 5.08. The predicted molar refractivity (Wildman–Crippen MR) is 104 cm³/mol. The van der Waals surface area contributed by atoms with Gasteiger partial charge in [-0.15, -0.1) is 0 Å². The molecule has 1 aromatic carbocycles. The number of fused-ring (bicyclic) bond motifs is 1. The van der Waals surface area contributed by atoms with Crippen molar-refractivity contribution >= 4 is 40.3 Å². The van der Waals surface area contributed by atoms with Crippen LogP contribution in [0.4, 0.5) is 14.9 Å². The maximum atomic E-state index is 14.9. The summed E-state index contributed by atoms with van der Waals surface area (Å²) < 4.78 is 21.4. The van der Waals surface area contributed by atoms with Crippen LogP contribution < -0.4 is 10.3 Å². The highest BCUT2D eigenvalue weighted by atomic mass is 35.5. The molecular weight excluding hydrogens is 405 g/mol. The van der Waals surface area contributed by atoms with E-state index >= 15 is 0 Å². The number of nitrogens with zero attached hydrogens (tertiary/aromatic N) is 3. The number of aromatic carboxylic acids is 1. The second kappa shape index (κ2) is 7.55. The lowest BCUT2D eigenvalue weighted by Crippen LogP contribution is -2.49. The number of carboxylic acids is 1. The Bertz CT molecular complexity index is 1040. The Morgan fingerprint density at radius 2 is 1.90 bits per heavy atom. The highest BCUT2D eigenvalue weighted by molar-refractivity contribution is 6.17. The lowest BCUT2D eigenvalue weighted by Gasteiger charge is -2.35. The number of hydrogen-bond donors (Lipinski definition) is 1. The van der Waals surface area contributed by atoms with Crippen molar-refractivity contribution in [1.29, 1.82) is 0 Å². The van der Waals surface area contributed by atoms with E-state index in [1.807, 2.05) is 0 Å². The molecule has 2 aliphatic rings. The summed E-state index contributed by atoms with van der Waals surface area (Å²) in [6, 6.07) is 2.60. The van der Waals surface area contributed by atoms with Crippen molar-refractivity contribution in [3.8, 4) is 0 Å². The van der Waals surface area contributed by atoms with E-state index in [-0.39, 0.29) is 23.1 Å². The van der Waals surface area contributed by atoms with Gasteiger partial charge in [-0.1, -0.05) is 11.6 Å². The van der Waals surface area contributed by atoms with Crippen LogP contribution in [0.2, 0.25) is 0 Å². The standard InChI is InChI=1S/C19H19ClFN3O5/c20-10-29-19(28)23-5-3-22(4-6-23)16-8-15-12(7-14(16)21)17(25)13(18(26)27)9-24(15)11-1-2-11/h7-9,11H,1-6,10H2,(H,26,27). The van der Waals surface area contributed by atoms with Gasteiger partial charge >= 0.3 is 12.1 Å². The molecule has 4 rings (SSSR count). The average Bonchev–Trinajstić information content (AvgIpc) is 3.53. The van der Waals surface area contributed by atoms with Crippen molar-refractivity contribution in [1.82, 2.24) is 9.47 Å². The van der Waals surface area contributed by atoms with Gasteiger partial charge in [0, 0.05) is 43.8 Å². The Hall–Kier alpha value is -2.81. The number of benzene rings is 1. The monoisotopic (exact) mass is 423 g/mol. The van der Waals surface area contributed by atoms with Crippen molar-refractivity contribution in [2.24, 2.45) is 0 Å². The fourth-order valence-corrected chi connectivity index (χ4v) is 3.77. The van der Waals surface area contributed by atoms with Crippen LogP contribution in [0.5, 0.6) is 0 Å². The molecule has 2 fully saturated rings. The lowest BCUT2D eigenvalue weighted by atomic mass is 10.1. The molecule has 0 spiro atoms. The van der Waals surface area contributed by atoms with Crippen LogP contribution in [0, 0.1) is 5.82 Å². The molecule has 1 aromatic heterocycles. The zero-order valence-corrected chi connectivity index (χ0v) is 16.2. The van der Waals surface area contributed by atoms with Gasteiger partial charge in [0.05, 0.1) is 11.2 Å². The summed E-state index contributed by atoms with van der Waals surface area (Å²) >= 11 is 5.41. The van der Waals surface area contributed by atoms with Gasteiger partial charge in [0.25, 0.3) is 0 Å². The van der Waals surface area contributed by atoms with Crippen LogP contribution in [-0.4, -0.2) is 58.9 Å². The third-order valence-corrected chi connectivity index (χ3v) is 5.44. The van der Waals surface area contributed by atoms with Gasteiger partial charge in [0.1, 0.15) is 11.4 Å². The first-order chi connectivity index (χ1) is 13.9. The predicted octanol–water partition coefficient (Wildman–Crippen LogP) is 2.63. The summed E-state index contributed by atoms with van der Waals surface area (Å²) in [5.74, 6) is -1.92. The molecule has 1 aliphatic carbocycles. The van der Waals surface area contributed by atoms with E-state index in [1.54, 1.807) is 15.5 Å². The third-order valence-electron chi connectivity index (χ3n) is 5.33. The van der Waals surface area contributed by atoms with E-state index in [0.717, 1.165) is 18.9 Å². The Labute approximate surface area is 170 Å². The minimum Gasteiger partial charge on any atom is -0.477 e.